The molecule has 0 aliphatic carbocycles. The Hall–Kier alpha value is -3.93. The Labute approximate surface area is 174 Å². The van der Waals surface area contributed by atoms with Crippen LogP contribution < -0.4 is 14.2 Å². The van der Waals surface area contributed by atoms with Crippen molar-refractivity contribution < 1.29 is 29.2 Å². The van der Waals surface area contributed by atoms with Gasteiger partial charge in [-0.2, -0.15) is 0 Å². The lowest BCUT2D eigenvalue weighted by atomic mass is 10.1. The third-order valence-corrected chi connectivity index (χ3v) is 4.43. The van der Waals surface area contributed by atoms with Crippen molar-refractivity contribution in [1.82, 2.24) is 0 Å². The predicted molar refractivity (Wildman–Crippen MR) is 113 cm³/mol. The first kappa shape index (κ1) is 20.8. The van der Waals surface area contributed by atoms with E-state index in [0.29, 0.717) is 11.5 Å². The lowest BCUT2D eigenvalue weighted by Gasteiger charge is -2.11. The molecule has 0 heterocycles. The summed E-state index contributed by atoms with van der Waals surface area (Å²) in [7, 11) is 3.19. The third-order valence-electron chi connectivity index (χ3n) is 4.43. The lowest BCUT2D eigenvalue weighted by molar-refractivity contribution is 0.104. The third kappa shape index (κ3) is 5.11. The molecular weight excluding hydrogens is 384 g/mol. The van der Waals surface area contributed by atoms with E-state index in [4.69, 9.17) is 14.2 Å². The van der Waals surface area contributed by atoms with Crippen LogP contribution >= 0.6 is 0 Å². The molecule has 3 aromatic rings. The van der Waals surface area contributed by atoms with Crippen LogP contribution in [0.25, 0.3) is 6.08 Å². The number of rotatable bonds is 8. The first-order valence-electron chi connectivity index (χ1n) is 9.18. The van der Waals surface area contributed by atoms with Gasteiger partial charge < -0.3 is 24.4 Å². The Morgan fingerprint density at radius 2 is 1.63 bits per heavy atom. The zero-order valence-corrected chi connectivity index (χ0v) is 16.7. The molecule has 2 N–H and O–H groups in total. The molecule has 0 amide bonds. The van der Waals surface area contributed by atoms with Gasteiger partial charge in [0.15, 0.2) is 5.78 Å². The summed E-state index contributed by atoms with van der Waals surface area (Å²) in [5.41, 5.74) is 1.70. The summed E-state index contributed by atoms with van der Waals surface area (Å²) in [5.74, 6) is 1.35. The number of carbonyl (C=O) groups excluding carboxylic acids is 1. The number of aromatic hydroxyl groups is 2. The molecule has 0 unspecified atom stereocenters. The standard InChI is InChI=1S/C24H22O6/c1-28-19-6-8-20(9-7-19)30-15-17-13-16(4-12-24(17)29-2)3-11-22(26)21-10-5-18(25)14-23(21)27/h3-14,25,27H,15H2,1-2H3/b11-3+. The maximum Gasteiger partial charge on any atom is 0.189 e. The van der Waals surface area contributed by atoms with Crippen LogP contribution in [0.3, 0.4) is 0 Å². The number of phenols is 2. The first-order chi connectivity index (χ1) is 14.5. The topological polar surface area (TPSA) is 85.2 Å². The molecule has 30 heavy (non-hydrogen) atoms. The second-order valence-electron chi connectivity index (χ2n) is 6.43. The Morgan fingerprint density at radius 1 is 0.900 bits per heavy atom. The quantitative estimate of drug-likeness (QED) is 0.420. The molecule has 0 saturated heterocycles. The molecule has 0 aromatic heterocycles. The predicted octanol–water partition coefficient (Wildman–Crippen LogP) is 4.59. The molecule has 6 heteroatoms. The van der Waals surface area contributed by atoms with Crippen LogP contribution in [0.15, 0.2) is 66.7 Å². The van der Waals surface area contributed by atoms with E-state index in [9.17, 15) is 15.0 Å². The summed E-state index contributed by atoms with van der Waals surface area (Å²) < 4.78 is 16.4. The molecule has 3 aromatic carbocycles. The van der Waals surface area contributed by atoms with Gasteiger partial charge in [-0.3, -0.25) is 4.79 Å². The van der Waals surface area contributed by atoms with Crippen LogP contribution in [0, 0.1) is 0 Å². The summed E-state index contributed by atoms with van der Waals surface area (Å²) in [4.78, 5) is 12.3. The zero-order valence-electron chi connectivity index (χ0n) is 16.7. The minimum Gasteiger partial charge on any atom is -0.508 e. The SMILES string of the molecule is COc1ccc(OCc2cc(/C=C/C(=O)c3ccc(O)cc3O)ccc2OC)cc1. The highest BCUT2D eigenvalue weighted by atomic mass is 16.5. The van der Waals surface area contributed by atoms with E-state index in [2.05, 4.69) is 0 Å². The number of allylic oxidation sites excluding steroid dienone is 1. The first-order valence-corrected chi connectivity index (χ1v) is 9.18. The van der Waals surface area contributed by atoms with Crippen LogP contribution in [0.1, 0.15) is 21.5 Å². The number of ketones is 1. The number of phenolic OH excluding ortho intramolecular Hbond substituents is 2. The van der Waals surface area contributed by atoms with Crippen LogP contribution in [0.5, 0.6) is 28.7 Å². The molecule has 0 bridgehead atoms. The number of ether oxygens (including phenoxy) is 3. The van der Waals surface area contributed by atoms with E-state index >= 15 is 0 Å². The summed E-state index contributed by atoms with van der Waals surface area (Å²) in [5, 5.41) is 19.2. The minimum atomic E-state index is -0.376. The number of hydrogen-bond acceptors (Lipinski definition) is 6. The van der Waals surface area contributed by atoms with Crippen molar-refractivity contribution in [2.45, 2.75) is 6.61 Å². The van der Waals surface area contributed by atoms with Crippen molar-refractivity contribution in [2.75, 3.05) is 14.2 Å². The molecule has 0 radical (unpaired) electrons. The summed E-state index contributed by atoms with van der Waals surface area (Å²) in [6, 6.07) is 16.6. The fourth-order valence-corrected chi connectivity index (χ4v) is 2.84. The Morgan fingerprint density at radius 3 is 2.30 bits per heavy atom. The molecule has 0 aliphatic rings. The van der Waals surface area contributed by atoms with Gasteiger partial charge in [-0.25, -0.2) is 0 Å². The smallest absolute Gasteiger partial charge is 0.189 e. The van der Waals surface area contributed by atoms with E-state index in [1.165, 1.54) is 18.2 Å². The van der Waals surface area contributed by atoms with E-state index in [0.717, 1.165) is 22.9 Å². The number of benzene rings is 3. The molecule has 154 valence electrons. The summed E-state index contributed by atoms with van der Waals surface area (Å²) >= 11 is 0. The van der Waals surface area contributed by atoms with Gasteiger partial charge in [0.1, 0.15) is 35.4 Å². The number of hydrogen-bond donors (Lipinski definition) is 2. The molecule has 0 saturated carbocycles. The van der Waals surface area contributed by atoms with E-state index in [1.807, 2.05) is 36.4 Å². The molecular formula is C24H22O6. The maximum atomic E-state index is 12.3. The number of methoxy groups -OCH3 is 2. The lowest BCUT2D eigenvalue weighted by Crippen LogP contribution is -1.99. The number of carbonyl (C=O) groups is 1. The van der Waals surface area contributed by atoms with Gasteiger partial charge in [0.25, 0.3) is 0 Å². The highest BCUT2D eigenvalue weighted by molar-refractivity contribution is 6.08. The maximum absolute atomic E-state index is 12.3. The van der Waals surface area contributed by atoms with Crippen LogP contribution in [0.4, 0.5) is 0 Å². The van der Waals surface area contributed by atoms with Crippen molar-refractivity contribution >= 4 is 11.9 Å². The largest absolute Gasteiger partial charge is 0.508 e. The van der Waals surface area contributed by atoms with Gasteiger partial charge in [-0.05, 0) is 60.2 Å². The average molecular weight is 406 g/mol. The average Bonchev–Trinajstić information content (AvgIpc) is 2.76. The van der Waals surface area contributed by atoms with Crippen molar-refractivity contribution in [3.05, 3.63) is 83.4 Å². The second kappa shape index (κ2) is 9.52. The van der Waals surface area contributed by atoms with Gasteiger partial charge in [0.2, 0.25) is 0 Å². The summed E-state index contributed by atoms with van der Waals surface area (Å²) in [6.45, 7) is 0.282. The fourth-order valence-electron chi connectivity index (χ4n) is 2.84. The van der Waals surface area contributed by atoms with Gasteiger partial charge >= 0.3 is 0 Å². The van der Waals surface area contributed by atoms with Crippen molar-refractivity contribution in [1.29, 1.82) is 0 Å². The van der Waals surface area contributed by atoms with Gasteiger partial charge in [0, 0.05) is 11.6 Å². The molecule has 0 fully saturated rings. The zero-order chi connectivity index (χ0) is 21.5. The fraction of sp³-hybridized carbons (Fsp3) is 0.125. The van der Waals surface area contributed by atoms with Gasteiger partial charge in [0.05, 0.1) is 19.8 Å². The minimum absolute atomic E-state index is 0.107. The van der Waals surface area contributed by atoms with E-state index in [-0.39, 0.29) is 29.5 Å². The Bertz CT molecular complexity index is 1050. The van der Waals surface area contributed by atoms with Crippen molar-refractivity contribution in [3.63, 3.8) is 0 Å². The van der Waals surface area contributed by atoms with E-state index < -0.39 is 0 Å². The highest BCUT2D eigenvalue weighted by Gasteiger charge is 2.09. The van der Waals surface area contributed by atoms with Crippen LogP contribution in [-0.4, -0.2) is 30.2 Å². The van der Waals surface area contributed by atoms with Crippen LogP contribution in [-0.2, 0) is 6.61 Å². The normalized spacial score (nSPS) is 10.7. The Balaban J connectivity index is 1.74. The van der Waals surface area contributed by atoms with E-state index in [1.54, 1.807) is 26.4 Å². The Kier molecular flexibility index (Phi) is 6.60. The van der Waals surface area contributed by atoms with Crippen molar-refractivity contribution in [3.8, 4) is 28.7 Å². The molecule has 3 rings (SSSR count). The van der Waals surface area contributed by atoms with Gasteiger partial charge in [-0.15, -0.1) is 0 Å². The highest BCUT2D eigenvalue weighted by Crippen LogP contribution is 2.25. The monoisotopic (exact) mass is 406 g/mol. The van der Waals surface area contributed by atoms with Crippen molar-refractivity contribution in [2.24, 2.45) is 0 Å². The van der Waals surface area contributed by atoms with Gasteiger partial charge in [-0.1, -0.05) is 12.1 Å². The molecule has 0 spiro atoms. The second-order valence-corrected chi connectivity index (χ2v) is 6.43. The van der Waals surface area contributed by atoms with Crippen LogP contribution in [0.2, 0.25) is 0 Å². The molecule has 0 aliphatic heterocycles. The summed E-state index contributed by atoms with van der Waals surface area (Å²) in [6.07, 6.45) is 3.01. The molecule has 0 atom stereocenters. The molecule has 6 nitrogen and oxygen atoms in total.